The van der Waals surface area contributed by atoms with Gasteiger partial charge in [0, 0.05) is 12.4 Å². The number of alkyl halides is 2. The highest BCUT2D eigenvalue weighted by Crippen LogP contribution is 2.50. The lowest BCUT2D eigenvalue weighted by Crippen LogP contribution is -2.48. The highest BCUT2D eigenvalue weighted by molar-refractivity contribution is 8.09. The zero-order valence-electron chi connectivity index (χ0n) is 26.9. The second kappa shape index (κ2) is 13.9. The van der Waals surface area contributed by atoms with E-state index in [1.807, 2.05) is 51.1 Å². The predicted molar refractivity (Wildman–Crippen MR) is 182 cm³/mol. The zero-order valence-corrected chi connectivity index (χ0v) is 29.4. The van der Waals surface area contributed by atoms with Crippen LogP contribution < -0.4 is 14.9 Å². The standard InChI is InChI=1S/C31H39ClFN6O6PS/c1-18(29(41)42-15-30(3,4)5)38-46(47,45-22-13-9-11-20-10-7-8-12-21(20)22)43-16-31(14-32)25(40)23(33)28(44-31)39-17-35-24-26(34-6)36-19(2)37-27(24)39/h7-13,17-18,23,25,28,40H,14-16H2,1-6H3,(H,38,47)(H,34,36,37)/t18-,23-,25+,28-,31-,46?/m1/s1. The molecular weight excluding hydrogens is 670 g/mol. The summed E-state index contributed by atoms with van der Waals surface area (Å²) in [5, 5.41) is 18.9. The highest BCUT2D eigenvalue weighted by atomic mass is 35.5. The van der Waals surface area contributed by atoms with E-state index < -0.39 is 49.4 Å². The maximum absolute atomic E-state index is 16.0. The zero-order chi connectivity index (χ0) is 34.1. The fraction of sp³-hybridized carbons (Fsp3) is 0.484. The van der Waals surface area contributed by atoms with Crippen LogP contribution in [-0.2, 0) is 30.6 Å². The fourth-order valence-electron chi connectivity index (χ4n) is 5.08. The number of fused-ring (bicyclic) bond motifs is 2. The average Bonchev–Trinajstić information content (AvgIpc) is 3.56. The Morgan fingerprint density at radius 3 is 2.68 bits per heavy atom. The average molecular weight is 709 g/mol. The van der Waals surface area contributed by atoms with E-state index in [9.17, 15) is 9.90 Å². The van der Waals surface area contributed by atoms with E-state index in [1.54, 1.807) is 33.0 Å². The number of hydrogen-bond acceptors (Lipinski definition) is 11. The summed E-state index contributed by atoms with van der Waals surface area (Å²) in [4.78, 5) is 26.1. The second-order valence-electron chi connectivity index (χ2n) is 12.6. The van der Waals surface area contributed by atoms with Crippen LogP contribution in [0.4, 0.5) is 10.2 Å². The van der Waals surface area contributed by atoms with Crippen LogP contribution in [0.5, 0.6) is 5.75 Å². The van der Waals surface area contributed by atoms with Crippen LogP contribution >= 0.6 is 18.2 Å². The monoisotopic (exact) mass is 708 g/mol. The van der Waals surface area contributed by atoms with Crippen molar-refractivity contribution in [2.24, 2.45) is 5.41 Å². The quantitative estimate of drug-likeness (QED) is 0.0983. The van der Waals surface area contributed by atoms with Gasteiger partial charge in [0.2, 0.25) is 0 Å². The molecule has 1 unspecified atom stereocenters. The summed E-state index contributed by atoms with van der Waals surface area (Å²) in [7, 11) is 1.69. The molecule has 2 aromatic carbocycles. The molecule has 3 N–H and O–H groups in total. The molecule has 2 aromatic heterocycles. The Hall–Kier alpha value is -2.97. The molecule has 0 spiro atoms. The van der Waals surface area contributed by atoms with Gasteiger partial charge < -0.3 is 28.9 Å². The van der Waals surface area contributed by atoms with E-state index in [2.05, 4.69) is 25.4 Å². The number of hydrogen-bond donors (Lipinski definition) is 3. The van der Waals surface area contributed by atoms with Crippen molar-refractivity contribution in [3.8, 4) is 5.75 Å². The molecule has 4 aromatic rings. The largest absolute Gasteiger partial charge is 0.464 e. The van der Waals surface area contributed by atoms with Crippen LogP contribution in [0.1, 0.15) is 39.7 Å². The molecule has 5 rings (SSSR count). The number of rotatable bonds is 12. The van der Waals surface area contributed by atoms with Crippen LogP contribution in [0.2, 0.25) is 0 Å². The number of nitrogens with zero attached hydrogens (tertiary/aromatic N) is 4. The molecular formula is C31H39ClFN6O6PS. The first-order valence-electron chi connectivity index (χ1n) is 15.0. The number of carbonyl (C=O) groups excluding carboxylic acids is 1. The molecule has 1 aliphatic rings. The van der Waals surface area contributed by atoms with E-state index in [-0.39, 0.29) is 17.9 Å². The third-order valence-corrected chi connectivity index (χ3v) is 10.5. The van der Waals surface area contributed by atoms with Gasteiger partial charge in [0.25, 0.3) is 0 Å². The van der Waals surface area contributed by atoms with E-state index >= 15 is 4.39 Å². The molecule has 0 amide bonds. The summed E-state index contributed by atoms with van der Waals surface area (Å²) in [5.74, 6) is 0.373. The Bertz CT molecular complexity index is 1800. The summed E-state index contributed by atoms with van der Waals surface area (Å²) in [6.45, 7) is 5.17. The molecule has 12 nitrogen and oxygen atoms in total. The first-order chi connectivity index (χ1) is 22.2. The van der Waals surface area contributed by atoms with Gasteiger partial charge in [-0.1, -0.05) is 57.2 Å². The van der Waals surface area contributed by atoms with E-state index in [0.29, 0.717) is 28.6 Å². The van der Waals surface area contributed by atoms with E-state index in [0.717, 1.165) is 10.8 Å². The number of benzene rings is 2. The lowest BCUT2D eigenvalue weighted by molar-refractivity contribution is -0.148. The van der Waals surface area contributed by atoms with Crippen LogP contribution in [0.3, 0.4) is 0 Å². The van der Waals surface area contributed by atoms with Crippen LogP contribution in [0, 0.1) is 12.3 Å². The number of aliphatic hydroxyl groups excluding tert-OH is 1. The first kappa shape index (κ1) is 35.3. The van der Waals surface area contributed by atoms with Gasteiger partial charge in [-0.2, -0.15) is 0 Å². The van der Waals surface area contributed by atoms with E-state index in [4.69, 9.17) is 41.9 Å². The number of carbonyl (C=O) groups is 1. The Morgan fingerprint density at radius 1 is 1.26 bits per heavy atom. The van der Waals surface area contributed by atoms with Crippen molar-refractivity contribution in [1.29, 1.82) is 0 Å². The van der Waals surface area contributed by atoms with Gasteiger partial charge in [-0.3, -0.25) is 9.36 Å². The molecule has 1 aliphatic heterocycles. The molecule has 1 fully saturated rings. The van der Waals surface area contributed by atoms with Gasteiger partial charge in [0.15, 0.2) is 29.4 Å². The van der Waals surface area contributed by atoms with Crippen LogP contribution in [0.25, 0.3) is 21.9 Å². The first-order valence-corrected chi connectivity index (χ1v) is 18.2. The van der Waals surface area contributed by atoms with Crippen LogP contribution in [-0.4, -0.2) is 80.7 Å². The predicted octanol–water partition coefficient (Wildman–Crippen LogP) is 5.42. The number of nitrogens with one attached hydrogen (secondary N) is 2. The lowest BCUT2D eigenvalue weighted by atomic mass is 9.99. The Labute approximate surface area is 282 Å². The number of aromatic nitrogens is 4. The van der Waals surface area contributed by atoms with Crippen molar-refractivity contribution < 1.29 is 32.8 Å². The smallest absolute Gasteiger partial charge is 0.323 e. The summed E-state index contributed by atoms with van der Waals surface area (Å²) in [6, 6.07) is 12.1. The van der Waals surface area contributed by atoms with Gasteiger partial charge in [0.05, 0.1) is 25.4 Å². The van der Waals surface area contributed by atoms with Crippen molar-refractivity contribution in [3.63, 3.8) is 0 Å². The van der Waals surface area contributed by atoms with Gasteiger partial charge in [-0.25, -0.2) is 24.4 Å². The highest BCUT2D eigenvalue weighted by Gasteiger charge is 2.57. The molecule has 16 heteroatoms. The molecule has 6 atom stereocenters. The van der Waals surface area contributed by atoms with Crippen molar-refractivity contribution >= 4 is 63.8 Å². The second-order valence-corrected chi connectivity index (χ2v) is 16.1. The minimum Gasteiger partial charge on any atom is -0.464 e. The molecule has 0 bridgehead atoms. The topological polar surface area (TPSA) is 142 Å². The van der Waals surface area contributed by atoms with Crippen molar-refractivity contribution in [2.45, 2.75) is 64.8 Å². The molecule has 0 aliphatic carbocycles. The molecule has 47 heavy (non-hydrogen) atoms. The summed E-state index contributed by atoms with van der Waals surface area (Å²) in [5.41, 5.74) is -1.31. The number of aliphatic hydroxyl groups is 1. The SMILES string of the molecule is CNc1nc(C)nc2c1ncn2[C@@H]1O[C@](CCl)(COP(=S)(N[C@H](C)C(=O)OCC(C)(C)C)Oc2cccc3ccccc23)[C@@H](O)[C@H]1F. The molecule has 0 saturated carbocycles. The van der Waals surface area contributed by atoms with Gasteiger partial charge >= 0.3 is 12.6 Å². The number of aryl methyl sites for hydroxylation is 1. The van der Waals surface area contributed by atoms with Crippen molar-refractivity contribution in [3.05, 3.63) is 54.6 Å². The number of imidazole rings is 1. The number of anilines is 1. The third-order valence-electron chi connectivity index (χ3n) is 7.54. The molecule has 0 radical (unpaired) electrons. The van der Waals surface area contributed by atoms with Crippen LogP contribution in [0.15, 0.2) is 48.8 Å². The number of esters is 1. The minimum atomic E-state index is -3.65. The maximum atomic E-state index is 16.0. The normalized spacial score (nSPS) is 23.5. The number of ether oxygens (including phenoxy) is 2. The third kappa shape index (κ3) is 7.54. The minimum absolute atomic E-state index is 0.184. The number of halogens is 2. The fourth-order valence-corrected chi connectivity index (χ4v) is 7.82. The van der Waals surface area contributed by atoms with Crippen molar-refractivity contribution in [2.75, 3.05) is 31.5 Å². The Morgan fingerprint density at radius 2 is 1.98 bits per heavy atom. The molecule has 3 heterocycles. The van der Waals surface area contributed by atoms with E-state index in [1.165, 1.54) is 10.9 Å². The molecule has 254 valence electrons. The summed E-state index contributed by atoms with van der Waals surface area (Å²) in [6.07, 6.45) is -3.66. The Balaban J connectivity index is 1.44. The van der Waals surface area contributed by atoms with Crippen molar-refractivity contribution in [1.82, 2.24) is 24.6 Å². The summed E-state index contributed by atoms with van der Waals surface area (Å²) >= 11 is 12.3. The maximum Gasteiger partial charge on any atom is 0.323 e. The lowest BCUT2D eigenvalue weighted by Gasteiger charge is -2.33. The van der Waals surface area contributed by atoms with Gasteiger partial charge in [0.1, 0.15) is 29.3 Å². The van der Waals surface area contributed by atoms with Gasteiger partial charge in [-0.05, 0) is 42.5 Å². The summed E-state index contributed by atoms with van der Waals surface area (Å²) < 4.78 is 41.6. The Kier molecular flexibility index (Phi) is 10.4. The van der Waals surface area contributed by atoms with Gasteiger partial charge in [-0.15, -0.1) is 11.6 Å². The molecule has 1 saturated heterocycles.